The van der Waals surface area contributed by atoms with Crippen LogP contribution in [0.1, 0.15) is 10.4 Å². The Morgan fingerprint density at radius 2 is 2.00 bits per heavy atom. The lowest BCUT2D eigenvalue weighted by molar-refractivity contribution is -0.385. The molecule has 0 fully saturated rings. The van der Waals surface area contributed by atoms with Gasteiger partial charge >= 0.3 is 0 Å². The highest BCUT2D eigenvalue weighted by atomic mass is 35.5. The Bertz CT molecular complexity index is 1200. The first kappa shape index (κ1) is 20.6. The number of carbonyl (C=O) groups is 1. The SMILES string of the molecule is C=CCn1c(=NC(=O)c2cc(Cl)ccc2[N+](=O)[O-])sc2cc(OC)c(OC)cc21. The van der Waals surface area contributed by atoms with Crippen LogP contribution >= 0.6 is 22.9 Å². The molecular weight excluding hydrogens is 418 g/mol. The standard InChI is InChI=1S/C19H16ClN3O5S/c1-4-7-22-14-9-15(27-2)16(28-3)10-17(14)29-19(22)21-18(24)12-8-11(20)5-6-13(12)23(25)26/h4-6,8-10H,1,7H2,2-3H3. The number of nitrogens with zero attached hydrogens (tertiary/aromatic N) is 3. The van der Waals surface area contributed by atoms with E-state index in [0.29, 0.717) is 22.8 Å². The van der Waals surface area contributed by atoms with Gasteiger partial charge in [0.05, 0.1) is 29.4 Å². The highest BCUT2D eigenvalue weighted by Crippen LogP contribution is 2.33. The number of benzene rings is 2. The van der Waals surface area contributed by atoms with Crippen molar-refractivity contribution in [3.05, 3.63) is 68.5 Å². The Labute approximate surface area is 174 Å². The molecule has 0 unspecified atom stereocenters. The van der Waals surface area contributed by atoms with Crippen molar-refractivity contribution < 1.29 is 19.2 Å². The lowest BCUT2D eigenvalue weighted by atomic mass is 10.2. The Balaban J connectivity index is 2.23. The zero-order chi connectivity index (χ0) is 21.1. The predicted molar refractivity (Wildman–Crippen MR) is 111 cm³/mol. The predicted octanol–water partition coefficient (Wildman–Crippen LogP) is 4.21. The van der Waals surface area contributed by atoms with Crippen LogP contribution in [0.3, 0.4) is 0 Å². The summed E-state index contributed by atoms with van der Waals surface area (Å²) in [5.41, 5.74) is 0.225. The third-order valence-corrected chi connectivity index (χ3v) is 5.36. The van der Waals surface area contributed by atoms with E-state index in [4.69, 9.17) is 21.1 Å². The molecule has 0 atom stereocenters. The highest BCUT2D eigenvalue weighted by molar-refractivity contribution is 7.16. The van der Waals surface area contributed by atoms with E-state index in [2.05, 4.69) is 11.6 Å². The van der Waals surface area contributed by atoms with Crippen LogP contribution in [0.5, 0.6) is 11.5 Å². The zero-order valence-electron chi connectivity index (χ0n) is 15.5. The van der Waals surface area contributed by atoms with Crippen molar-refractivity contribution in [1.29, 1.82) is 0 Å². The second-order valence-corrected chi connectivity index (χ2v) is 7.24. The molecule has 0 bridgehead atoms. The fourth-order valence-corrected chi connectivity index (χ4v) is 3.99. The van der Waals surface area contributed by atoms with Crippen LogP contribution in [0.15, 0.2) is 48.0 Å². The number of hydrogen-bond acceptors (Lipinski definition) is 6. The van der Waals surface area contributed by atoms with E-state index < -0.39 is 10.8 Å². The summed E-state index contributed by atoms with van der Waals surface area (Å²) in [6.45, 7) is 4.11. The number of nitro groups is 1. The quantitative estimate of drug-likeness (QED) is 0.329. The molecule has 0 saturated heterocycles. The molecule has 1 amide bonds. The molecular formula is C19H16ClN3O5S. The van der Waals surface area contributed by atoms with Gasteiger partial charge in [0.2, 0.25) is 0 Å². The molecule has 1 heterocycles. The molecule has 3 aromatic rings. The van der Waals surface area contributed by atoms with E-state index in [0.717, 1.165) is 10.2 Å². The van der Waals surface area contributed by atoms with E-state index in [1.165, 1.54) is 43.8 Å². The summed E-state index contributed by atoms with van der Waals surface area (Å²) in [5, 5.41) is 11.5. The zero-order valence-corrected chi connectivity index (χ0v) is 17.1. The lowest BCUT2D eigenvalue weighted by Gasteiger charge is -2.08. The molecule has 0 aliphatic rings. The van der Waals surface area contributed by atoms with Crippen molar-refractivity contribution in [3.8, 4) is 11.5 Å². The van der Waals surface area contributed by atoms with Gasteiger partial charge in [-0.15, -0.1) is 6.58 Å². The maximum absolute atomic E-state index is 12.8. The molecule has 1 aromatic heterocycles. The number of hydrogen-bond donors (Lipinski definition) is 0. The van der Waals surface area contributed by atoms with Crippen LogP contribution in [0.2, 0.25) is 5.02 Å². The van der Waals surface area contributed by atoms with Gasteiger partial charge in [-0.3, -0.25) is 14.9 Å². The molecule has 0 spiro atoms. The van der Waals surface area contributed by atoms with Crippen LogP contribution in [-0.4, -0.2) is 29.6 Å². The maximum Gasteiger partial charge on any atom is 0.286 e. The van der Waals surface area contributed by atoms with Crippen molar-refractivity contribution in [2.24, 2.45) is 4.99 Å². The third-order valence-electron chi connectivity index (χ3n) is 4.08. The first-order chi connectivity index (χ1) is 13.9. The van der Waals surface area contributed by atoms with Crippen LogP contribution in [-0.2, 0) is 6.54 Å². The van der Waals surface area contributed by atoms with Crippen LogP contribution in [0.4, 0.5) is 5.69 Å². The fraction of sp³-hybridized carbons (Fsp3) is 0.158. The van der Waals surface area contributed by atoms with Gasteiger partial charge in [-0.1, -0.05) is 29.0 Å². The maximum atomic E-state index is 12.8. The summed E-state index contributed by atoms with van der Waals surface area (Å²) < 4.78 is 13.2. The minimum Gasteiger partial charge on any atom is -0.493 e. The molecule has 0 aliphatic carbocycles. The van der Waals surface area contributed by atoms with Crippen LogP contribution in [0, 0.1) is 10.1 Å². The van der Waals surface area contributed by atoms with Gasteiger partial charge in [0.25, 0.3) is 11.6 Å². The number of aromatic nitrogens is 1. The monoisotopic (exact) mass is 433 g/mol. The summed E-state index contributed by atoms with van der Waals surface area (Å²) in [5.74, 6) is 0.303. The normalized spacial score (nSPS) is 11.5. The number of carbonyl (C=O) groups excluding carboxylic acids is 1. The Morgan fingerprint density at radius 3 is 2.62 bits per heavy atom. The van der Waals surface area contributed by atoms with E-state index >= 15 is 0 Å². The molecule has 8 nitrogen and oxygen atoms in total. The molecule has 0 N–H and O–H groups in total. The van der Waals surface area contributed by atoms with Gasteiger partial charge in [0, 0.05) is 29.8 Å². The number of methoxy groups -OCH3 is 2. The lowest BCUT2D eigenvalue weighted by Crippen LogP contribution is -2.16. The van der Waals surface area contributed by atoms with E-state index in [1.54, 1.807) is 22.8 Å². The first-order valence-corrected chi connectivity index (χ1v) is 9.48. The smallest absolute Gasteiger partial charge is 0.286 e. The third kappa shape index (κ3) is 4.01. The minimum absolute atomic E-state index is 0.180. The number of nitro benzene ring substituents is 1. The van der Waals surface area contributed by atoms with Crippen LogP contribution in [0.25, 0.3) is 10.2 Å². The molecule has 0 aliphatic heterocycles. The average molecular weight is 434 g/mol. The number of rotatable bonds is 6. The van der Waals surface area contributed by atoms with Gasteiger partial charge in [0.1, 0.15) is 5.56 Å². The number of fused-ring (bicyclic) bond motifs is 1. The molecule has 10 heteroatoms. The van der Waals surface area contributed by atoms with E-state index in [9.17, 15) is 14.9 Å². The van der Waals surface area contributed by atoms with Gasteiger partial charge in [-0.2, -0.15) is 4.99 Å². The second kappa shape index (κ2) is 8.46. The first-order valence-electron chi connectivity index (χ1n) is 8.28. The topological polar surface area (TPSA) is 96.0 Å². The largest absolute Gasteiger partial charge is 0.493 e. The molecule has 3 rings (SSSR count). The van der Waals surface area contributed by atoms with Gasteiger partial charge in [-0.25, -0.2) is 0 Å². The average Bonchev–Trinajstić information content (AvgIpc) is 3.02. The number of allylic oxidation sites excluding steroid dienone is 1. The molecule has 0 saturated carbocycles. The number of halogens is 1. The Kier molecular flexibility index (Phi) is 6.00. The summed E-state index contributed by atoms with van der Waals surface area (Å²) in [4.78, 5) is 27.9. The van der Waals surface area contributed by atoms with Gasteiger partial charge in [-0.05, 0) is 12.1 Å². The van der Waals surface area contributed by atoms with Crippen molar-refractivity contribution >= 4 is 44.7 Å². The van der Waals surface area contributed by atoms with E-state index in [-0.39, 0.29) is 16.3 Å². The summed E-state index contributed by atoms with van der Waals surface area (Å²) >= 11 is 7.16. The number of thiazole rings is 1. The molecule has 2 aromatic carbocycles. The fourth-order valence-electron chi connectivity index (χ4n) is 2.77. The Hall–Kier alpha value is -3.17. The summed E-state index contributed by atoms with van der Waals surface area (Å²) in [6, 6.07) is 7.34. The molecule has 29 heavy (non-hydrogen) atoms. The van der Waals surface area contributed by atoms with Crippen molar-refractivity contribution in [1.82, 2.24) is 4.57 Å². The van der Waals surface area contributed by atoms with Gasteiger partial charge in [0.15, 0.2) is 16.3 Å². The molecule has 150 valence electrons. The van der Waals surface area contributed by atoms with Crippen molar-refractivity contribution in [3.63, 3.8) is 0 Å². The van der Waals surface area contributed by atoms with Crippen LogP contribution < -0.4 is 14.3 Å². The van der Waals surface area contributed by atoms with E-state index in [1.807, 2.05) is 0 Å². The van der Waals surface area contributed by atoms with Gasteiger partial charge < -0.3 is 14.0 Å². The Morgan fingerprint density at radius 1 is 1.31 bits per heavy atom. The summed E-state index contributed by atoms with van der Waals surface area (Å²) in [7, 11) is 3.06. The van der Waals surface area contributed by atoms with Crippen molar-refractivity contribution in [2.45, 2.75) is 6.54 Å². The minimum atomic E-state index is -0.762. The van der Waals surface area contributed by atoms with Crippen molar-refractivity contribution in [2.75, 3.05) is 14.2 Å². The highest BCUT2D eigenvalue weighted by Gasteiger charge is 2.21. The summed E-state index contributed by atoms with van der Waals surface area (Å²) in [6.07, 6.45) is 1.66. The number of ether oxygens (including phenoxy) is 2. The second-order valence-electron chi connectivity index (χ2n) is 5.79. The number of amides is 1. The molecule has 0 radical (unpaired) electrons.